The van der Waals surface area contributed by atoms with Crippen molar-refractivity contribution in [1.82, 2.24) is 20.4 Å². The van der Waals surface area contributed by atoms with Gasteiger partial charge in [0.15, 0.2) is 0 Å². The Morgan fingerprint density at radius 3 is 2.40 bits per heavy atom. The maximum atomic E-state index is 13.8. The largest absolute Gasteiger partial charge is 0.354 e. The van der Waals surface area contributed by atoms with E-state index in [1.807, 2.05) is 38.1 Å². The van der Waals surface area contributed by atoms with Gasteiger partial charge in [-0.05, 0) is 79.8 Å². The molecule has 0 saturated carbocycles. The van der Waals surface area contributed by atoms with Crippen molar-refractivity contribution < 1.29 is 27.6 Å². The second-order valence-electron chi connectivity index (χ2n) is 12.4. The average Bonchev–Trinajstić information content (AvgIpc) is 3.00. The number of hydrogen-bond acceptors (Lipinski definition) is 6. The normalized spacial score (nSPS) is 20.3. The van der Waals surface area contributed by atoms with Gasteiger partial charge in [0.25, 0.3) is 5.91 Å². The lowest BCUT2D eigenvalue weighted by atomic mass is 9.75. The third-order valence-electron chi connectivity index (χ3n) is 8.61. The molecule has 0 aromatic heterocycles. The molecule has 2 aromatic carbocycles. The highest BCUT2D eigenvalue weighted by Crippen LogP contribution is 2.36. The molecule has 45 heavy (non-hydrogen) atoms. The molecule has 1 spiro atoms. The van der Waals surface area contributed by atoms with Gasteiger partial charge in [0, 0.05) is 32.2 Å². The molecule has 2 aromatic rings. The van der Waals surface area contributed by atoms with Crippen molar-refractivity contribution in [3.63, 3.8) is 0 Å². The molecule has 0 radical (unpaired) electrons. The quantitative estimate of drug-likeness (QED) is 0.499. The molecule has 1 atom stereocenters. The molecular formula is C33H45N5O6S. The molecule has 2 N–H and O–H groups in total. The predicted molar refractivity (Wildman–Crippen MR) is 173 cm³/mol. The van der Waals surface area contributed by atoms with Crippen LogP contribution in [0.4, 0.5) is 5.69 Å². The number of amides is 4. The molecule has 1 heterocycles. The predicted octanol–water partition coefficient (Wildman–Crippen LogP) is 2.66. The summed E-state index contributed by atoms with van der Waals surface area (Å²) >= 11 is 0. The van der Waals surface area contributed by atoms with E-state index in [0.29, 0.717) is 50.0 Å². The first kappa shape index (κ1) is 34.0. The molecule has 1 fully saturated rings. The van der Waals surface area contributed by atoms with Crippen LogP contribution in [0.15, 0.2) is 48.5 Å². The fraction of sp³-hybridized carbons (Fsp3) is 0.515. The lowest BCUT2D eigenvalue weighted by molar-refractivity contribution is -0.139. The lowest BCUT2D eigenvalue weighted by Gasteiger charge is -2.39. The first-order valence-electron chi connectivity index (χ1n) is 15.6. The number of anilines is 1. The summed E-state index contributed by atoms with van der Waals surface area (Å²) in [5.74, 6) is -1.16. The first-order chi connectivity index (χ1) is 21.3. The van der Waals surface area contributed by atoms with Crippen molar-refractivity contribution in [3.8, 4) is 0 Å². The molecule has 1 aliphatic heterocycles. The summed E-state index contributed by atoms with van der Waals surface area (Å²) in [5, 5.41) is 6.07. The van der Waals surface area contributed by atoms with E-state index in [0.717, 1.165) is 34.5 Å². The van der Waals surface area contributed by atoms with Crippen molar-refractivity contribution in [3.05, 3.63) is 65.2 Å². The molecule has 4 rings (SSSR count). The standard InChI is InChI=1S/C33H45N5O6S/c1-24(2)17-21-37-22-29(39)35-33(18-9-11-25-10-5-6-12-28(25)33)32(42)34-19-7-8-20-38(23-30(37)40)31(41)26-13-15-27(16-14-26)36(3)45(4,43)44/h5-6,10,12-16,24H,7-9,11,17-23H2,1-4H3,(H,34,42)(H,35,39). The summed E-state index contributed by atoms with van der Waals surface area (Å²) in [6, 6.07) is 13.9. The number of rotatable bonds is 6. The Morgan fingerprint density at radius 2 is 1.71 bits per heavy atom. The highest BCUT2D eigenvalue weighted by molar-refractivity contribution is 7.92. The zero-order valence-electron chi connectivity index (χ0n) is 26.7. The van der Waals surface area contributed by atoms with Crippen LogP contribution >= 0.6 is 0 Å². The van der Waals surface area contributed by atoms with Crippen molar-refractivity contribution in [1.29, 1.82) is 0 Å². The smallest absolute Gasteiger partial charge is 0.254 e. The zero-order valence-corrected chi connectivity index (χ0v) is 27.5. The van der Waals surface area contributed by atoms with Gasteiger partial charge in [0.2, 0.25) is 27.7 Å². The highest BCUT2D eigenvalue weighted by atomic mass is 32.2. The van der Waals surface area contributed by atoms with Crippen LogP contribution in [0.25, 0.3) is 0 Å². The van der Waals surface area contributed by atoms with Crippen molar-refractivity contribution in [2.24, 2.45) is 5.92 Å². The Morgan fingerprint density at radius 1 is 1.00 bits per heavy atom. The summed E-state index contributed by atoms with van der Waals surface area (Å²) in [5.41, 5.74) is 1.32. The zero-order chi connectivity index (χ0) is 32.8. The molecule has 2 aliphatic rings. The van der Waals surface area contributed by atoms with Gasteiger partial charge in [-0.25, -0.2) is 8.42 Å². The Balaban J connectivity index is 1.60. The Labute approximate surface area is 266 Å². The van der Waals surface area contributed by atoms with Crippen LogP contribution in [0.1, 0.15) is 67.4 Å². The van der Waals surface area contributed by atoms with Gasteiger partial charge in [0.05, 0.1) is 18.5 Å². The molecule has 0 bridgehead atoms. The number of fused-ring (bicyclic) bond motifs is 2. The SMILES string of the molecule is CC(C)CCN1CC(=O)NC2(CCCc3ccccc32)C(=O)NCCCCN(C(=O)c2ccc(N(C)S(C)(=O)=O)cc2)CC1=O. The summed E-state index contributed by atoms with van der Waals surface area (Å²) < 4.78 is 25.0. The number of carbonyl (C=O) groups excluding carboxylic acids is 4. The molecule has 12 heteroatoms. The van der Waals surface area contributed by atoms with Crippen LogP contribution in [-0.4, -0.2) is 87.9 Å². The van der Waals surface area contributed by atoms with E-state index in [2.05, 4.69) is 10.6 Å². The highest BCUT2D eigenvalue weighted by Gasteiger charge is 2.44. The minimum absolute atomic E-state index is 0.213. The fourth-order valence-electron chi connectivity index (χ4n) is 5.90. The van der Waals surface area contributed by atoms with Crippen LogP contribution in [0.2, 0.25) is 0 Å². The van der Waals surface area contributed by atoms with Crippen molar-refractivity contribution >= 4 is 39.3 Å². The number of nitrogens with zero attached hydrogens (tertiary/aromatic N) is 3. The summed E-state index contributed by atoms with van der Waals surface area (Å²) in [6.45, 7) is 4.56. The number of aryl methyl sites for hydroxylation is 1. The van der Waals surface area contributed by atoms with Gasteiger partial charge in [-0.3, -0.25) is 23.5 Å². The van der Waals surface area contributed by atoms with E-state index < -0.39 is 21.5 Å². The number of sulfonamides is 1. The number of carbonyl (C=O) groups is 4. The Kier molecular flexibility index (Phi) is 10.9. The van der Waals surface area contributed by atoms with Crippen molar-refractivity contribution in [2.75, 3.05) is 50.3 Å². The third kappa shape index (κ3) is 8.22. The van der Waals surface area contributed by atoms with Gasteiger partial charge in [-0.15, -0.1) is 0 Å². The number of nitrogens with one attached hydrogen (secondary N) is 2. The van der Waals surface area contributed by atoms with E-state index in [9.17, 15) is 27.6 Å². The molecule has 11 nitrogen and oxygen atoms in total. The molecule has 244 valence electrons. The summed E-state index contributed by atoms with van der Waals surface area (Å²) in [6.07, 6.45) is 4.88. The average molecular weight is 640 g/mol. The van der Waals surface area contributed by atoms with Gasteiger partial charge in [-0.2, -0.15) is 0 Å². The van der Waals surface area contributed by atoms with Gasteiger partial charge in [-0.1, -0.05) is 38.1 Å². The lowest BCUT2D eigenvalue weighted by Crippen LogP contribution is -2.60. The van der Waals surface area contributed by atoms with Crippen LogP contribution in [0.3, 0.4) is 0 Å². The van der Waals surface area contributed by atoms with Gasteiger partial charge >= 0.3 is 0 Å². The van der Waals surface area contributed by atoms with Crippen LogP contribution in [-0.2, 0) is 36.4 Å². The third-order valence-corrected chi connectivity index (χ3v) is 9.81. The number of benzene rings is 2. The monoisotopic (exact) mass is 639 g/mol. The molecular weight excluding hydrogens is 594 g/mol. The Hall–Kier alpha value is -3.93. The maximum Gasteiger partial charge on any atom is 0.254 e. The maximum absolute atomic E-state index is 13.8. The summed E-state index contributed by atoms with van der Waals surface area (Å²) in [7, 11) is -2.04. The Bertz CT molecular complexity index is 1510. The molecule has 1 saturated heterocycles. The second kappa shape index (κ2) is 14.4. The summed E-state index contributed by atoms with van der Waals surface area (Å²) in [4.78, 5) is 57.8. The van der Waals surface area contributed by atoms with Gasteiger partial charge in [0.1, 0.15) is 12.1 Å². The van der Waals surface area contributed by atoms with Crippen LogP contribution < -0.4 is 14.9 Å². The fourth-order valence-corrected chi connectivity index (χ4v) is 6.40. The van der Waals surface area contributed by atoms with E-state index in [4.69, 9.17) is 0 Å². The van der Waals surface area contributed by atoms with E-state index in [-0.39, 0.29) is 43.3 Å². The van der Waals surface area contributed by atoms with Crippen molar-refractivity contribution in [2.45, 2.75) is 57.9 Å². The molecule has 1 unspecified atom stereocenters. The van der Waals surface area contributed by atoms with Gasteiger partial charge < -0.3 is 20.4 Å². The van der Waals surface area contributed by atoms with E-state index in [1.165, 1.54) is 16.8 Å². The number of hydrogen-bond donors (Lipinski definition) is 2. The minimum atomic E-state index is -3.47. The van der Waals surface area contributed by atoms with Crippen LogP contribution in [0, 0.1) is 5.92 Å². The first-order valence-corrected chi connectivity index (χ1v) is 17.5. The second-order valence-corrected chi connectivity index (χ2v) is 14.4. The molecule has 1 aliphatic carbocycles. The van der Waals surface area contributed by atoms with E-state index in [1.54, 1.807) is 24.3 Å². The van der Waals surface area contributed by atoms with Crippen LogP contribution in [0.5, 0.6) is 0 Å². The van der Waals surface area contributed by atoms with E-state index >= 15 is 0 Å². The minimum Gasteiger partial charge on any atom is -0.354 e. The molecule has 4 amide bonds. The topological polar surface area (TPSA) is 136 Å².